The fourth-order valence-corrected chi connectivity index (χ4v) is 3.55. The summed E-state index contributed by atoms with van der Waals surface area (Å²) in [6, 6.07) is 8.58. The van der Waals surface area contributed by atoms with E-state index in [0.29, 0.717) is 18.8 Å². The van der Waals surface area contributed by atoms with Gasteiger partial charge in [-0.1, -0.05) is 30.3 Å². The summed E-state index contributed by atoms with van der Waals surface area (Å²) >= 11 is 0. The van der Waals surface area contributed by atoms with Gasteiger partial charge in [0.15, 0.2) is 5.69 Å². The molecule has 140 valence electrons. The van der Waals surface area contributed by atoms with Gasteiger partial charge in [0, 0.05) is 0 Å². The maximum atomic E-state index is 12.8. The number of amides is 4. The van der Waals surface area contributed by atoms with Crippen molar-refractivity contribution in [3.63, 3.8) is 0 Å². The molecule has 0 atom stereocenters. The maximum absolute atomic E-state index is 12.8. The number of rotatable bonds is 3. The SMILES string of the molecule is CC1CCC2(CC1)NC(=O)N(NC(=O)c1cn(-c3ccccc3)nn1)C2=O. The summed E-state index contributed by atoms with van der Waals surface area (Å²) < 4.78 is 1.45. The van der Waals surface area contributed by atoms with Gasteiger partial charge in [-0.2, -0.15) is 5.01 Å². The molecule has 4 rings (SSSR count). The highest BCUT2D eigenvalue weighted by Gasteiger charge is 2.53. The molecule has 1 saturated carbocycles. The van der Waals surface area contributed by atoms with Gasteiger partial charge < -0.3 is 5.32 Å². The predicted molar refractivity (Wildman–Crippen MR) is 94.6 cm³/mol. The van der Waals surface area contributed by atoms with Crippen molar-refractivity contribution in [3.05, 3.63) is 42.2 Å². The molecule has 9 heteroatoms. The molecule has 1 aromatic carbocycles. The van der Waals surface area contributed by atoms with Crippen LogP contribution in [0.3, 0.4) is 0 Å². The Morgan fingerprint density at radius 1 is 1.22 bits per heavy atom. The number of para-hydroxylation sites is 1. The Morgan fingerprint density at radius 3 is 2.63 bits per heavy atom. The third-order valence-corrected chi connectivity index (χ3v) is 5.25. The van der Waals surface area contributed by atoms with Gasteiger partial charge in [-0.15, -0.1) is 5.10 Å². The van der Waals surface area contributed by atoms with Crippen molar-refractivity contribution in [2.24, 2.45) is 5.92 Å². The Morgan fingerprint density at radius 2 is 1.93 bits per heavy atom. The lowest BCUT2D eigenvalue weighted by atomic mass is 9.77. The van der Waals surface area contributed by atoms with Crippen molar-refractivity contribution >= 4 is 17.8 Å². The van der Waals surface area contributed by atoms with Crippen LogP contribution in [-0.2, 0) is 4.79 Å². The van der Waals surface area contributed by atoms with E-state index >= 15 is 0 Å². The minimum Gasteiger partial charge on any atom is -0.322 e. The van der Waals surface area contributed by atoms with E-state index in [0.717, 1.165) is 23.5 Å². The van der Waals surface area contributed by atoms with E-state index in [1.165, 1.54) is 10.9 Å². The Labute approximate surface area is 155 Å². The predicted octanol–water partition coefficient (Wildman–Crippen LogP) is 1.41. The molecule has 4 amide bonds. The normalized spacial score (nSPS) is 24.9. The molecule has 1 aliphatic heterocycles. The fraction of sp³-hybridized carbons (Fsp3) is 0.389. The number of benzene rings is 1. The van der Waals surface area contributed by atoms with E-state index in [2.05, 4.69) is 28.0 Å². The summed E-state index contributed by atoms with van der Waals surface area (Å²) in [6.45, 7) is 2.13. The summed E-state index contributed by atoms with van der Waals surface area (Å²) in [5.74, 6) is -0.554. The second kappa shape index (κ2) is 6.49. The van der Waals surface area contributed by atoms with Crippen LogP contribution in [0, 0.1) is 5.92 Å². The van der Waals surface area contributed by atoms with Crippen LogP contribution in [0.25, 0.3) is 5.69 Å². The van der Waals surface area contributed by atoms with Crippen LogP contribution in [0.4, 0.5) is 4.79 Å². The molecule has 1 aliphatic carbocycles. The molecule has 0 radical (unpaired) electrons. The van der Waals surface area contributed by atoms with Crippen molar-refractivity contribution in [1.29, 1.82) is 0 Å². The number of urea groups is 1. The van der Waals surface area contributed by atoms with E-state index in [4.69, 9.17) is 0 Å². The Balaban J connectivity index is 1.48. The average molecular weight is 368 g/mol. The van der Waals surface area contributed by atoms with Crippen molar-refractivity contribution in [3.8, 4) is 5.69 Å². The summed E-state index contributed by atoms with van der Waals surface area (Å²) in [4.78, 5) is 37.5. The smallest absolute Gasteiger partial charge is 0.322 e. The number of carbonyl (C=O) groups is 3. The van der Waals surface area contributed by atoms with Crippen molar-refractivity contribution in [2.75, 3.05) is 0 Å². The number of nitrogens with zero attached hydrogens (tertiary/aromatic N) is 4. The molecule has 0 bridgehead atoms. The van der Waals surface area contributed by atoms with Gasteiger partial charge in [-0.25, -0.2) is 9.48 Å². The Hall–Kier alpha value is -3.23. The van der Waals surface area contributed by atoms with Gasteiger partial charge in [0.2, 0.25) is 0 Å². The van der Waals surface area contributed by atoms with Crippen molar-refractivity contribution in [1.82, 2.24) is 30.7 Å². The largest absolute Gasteiger partial charge is 0.344 e. The molecule has 1 spiro atoms. The van der Waals surface area contributed by atoms with Crippen LogP contribution in [-0.4, -0.2) is 43.4 Å². The number of hydrogen-bond donors (Lipinski definition) is 2. The lowest BCUT2D eigenvalue weighted by Gasteiger charge is -2.33. The molecular weight excluding hydrogens is 348 g/mol. The van der Waals surface area contributed by atoms with Crippen LogP contribution in [0.1, 0.15) is 43.1 Å². The first kappa shape index (κ1) is 17.2. The lowest BCUT2D eigenvalue weighted by Crippen LogP contribution is -2.51. The van der Waals surface area contributed by atoms with Crippen LogP contribution < -0.4 is 10.7 Å². The minimum absolute atomic E-state index is 0.0117. The molecule has 1 aromatic heterocycles. The molecule has 1 saturated heterocycles. The summed E-state index contributed by atoms with van der Waals surface area (Å²) in [7, 11) is 0. The first-order chi connectivity index (χ1) is 13.0. The molecule has 27 heavy (non-hydrogen) atoms. The van der Waals surface area contributed by atoms with Crippen molar-refractivity contribution in [2.45, 2.75) is 38.1 Å². The number of nitrogens with one attached hydrogen (secondary N) is 2. The third-order valence-electron chi connectivity index (χ3n) is 5.25. The molecular formula is C18H20N6O3. The minimum atomic E-state index is -0.904. The van der Waals surface area contributed by atoms with E-state index < -0.39 is 23.4 Å². The standard InChI is InChI=1S/C18H20N6O3/c1-12-7-9-18(10-8-12)16(26)24(17(27)19-18)21-15(25)14-11-23(22-20-14)13-5-3-2-4-6-13/h2-6,11-12H,7-10H2,1H3,(H,19,27)(H,21,25). The van der Waals surface area contributed by atoms with Gasteiger partial charge >= 0.3 is 6.03 Å². The zero-order valence-corrected chi connectivity index (χ0v) is 14.9. The lowest BCUT2D eigenvalue weighted by molar-refractivity contribution is -0.134. The van der Waals surface area contributed by atoms with Crippen LogP contribution in [0.15, 0.2) is 36.5 Å². The highest BCUT2D eigenvalue weighted by Crippen LogP contribution is 2.35. The maximum Gasteiger partial charge on any atom is 0.344 e. The second-order valence-electron chi connectivity index (χ2n) is 7.16. The van der Waals surface area contributed by atoms with E-state index in [1.807, 2.05) is 30.3 Å². The topological polar surface area (TPSA) is 109 Å². The number of carbonyl (C=O) groups excluding carboxylic acids is 3. The van der Waals surface area contributed by atoms with Gasteiger partial charge in [0.25, 0.3) is 11.8 Å². The first-order valence-electron chi connectivity index (χ1n) is 8.94. The van der Waals surface area contributed by atoms with Crippen LogP contribution >= 0.6 is 0 Å². The van der Waals surface area contributed by atoms with E-state index in [-0.39, 0.29) is 5.69 Å². The number of aromatic nitrogens is 3. The Kier molecular flexibility index (Phi) is 4.14. The number of imide groups is 1. The van der Waals surface area contributed by atoms with Gasteiger partial charge in [-0.05, 0) is 43.7 Å². The second-order valence-corrected chi connectivity index (χ2v) is 7.16. The third kappa shape index (κ3) is 3.05. The first-order valence-corrected chi connectivity index (χ1v) is 8.94. The fourth-order valence-electron chi connectivity index (χ4n) is 3.55. The number of hydrazine groups is 1. The quantitative estimate of drug-likeness (QED) is 0.796. The zero-order valence-electron chi connectivity index (χ0n) is 14.9. The number of hydrogen-bond acceptors (Lipinski definition) is 5. The zero-order chi connectivity index (χ0) is 19.0. The van der Waals surface area contributed by atoms with Crippen molar-refractivity contribution < 1.29 is 14.4 Å². The van der Waals surface area contributed by atoms with Gasteiger partial charge in [0.05, 0.1) is 11.9 Å². The summed E-state index contributed by atoms with van der Waals surface area (Å²) in [5.41, 5.74) is 2.21. The van der Waals surface area contributed by atoms with Crippen LogP contribution in [0.5, 0.6) is 0 Å². The molecule has 2 heterocycles. The molecule has 2 aromatic rings. The highest BCUT2D eigenvalue weighted by atomic mass is 16.2. The van der Waals surface area contributed by atoms with Gasteiger partial charge in [0.1, 0.15) is 5.54 Å². The average Bonchev–Trinajstić information content (AvgIpc) is 3.25. The van der Waals surface area contributed by atoms with Gasteiger partial charge in [-0.3, -0.25) is 15.0 Å². The Bertz CT molecular complexity index is 886. The molecule has 0 unspecified atom stereocenters. The van der Waals surface area contributed by atoms with E-state index in [9.17, 15) is 14.4 Å². The summed E-state index contributed by atoms with van der Waals surface area (Å²) in [5, 5.41) is 11.3. The molecule has 2 aliphatic rings. The molecule has 2 N–H and O–H groups in total. The highest BCUT2D eigenvalue weighted by molar-refractivity contribution is 6.09. The van der Waals surface area contributed by atoms with Crippen LogP contribution in [0.2, 0.25) is 0 Å². The summed E-state index contributed by atoms with van der Waals surface area (Å²) in [6.07, 6.45) is 4.32. The monoisotopic (exact) mass is 368 g/mol. The molecule has 9 nitrogen and oxygen atoms in total. The molecule has 2 fully saturated rings. The van der Waals surface area contributed by atoms with E-state index in [1.54, 1.807) is 0 Å².